The highest BCUT2D eigenvalue weighted by Gasteiger charge is 2.19. The monoisotopic (exact) mass is 229 g/mol. The van der Waals surface area contributed by atoms with Crippen LogP contribution < -0.4 is 5.73 Å². The van der Waals surface area contributed by atoms with Crippen LogP contribution in [0.25, 0.3) is 0 Å². The molecule has 2 unspecified atom stereocenters. The van der Waals surface area contributed by atoms with Crippen molar-refractivity contribution in [3.63, 3.8) is 0 Å². The van der Waals surface area contributed by atoms with Gasteiger partial charge in [0, 0.05) is 12.6 Å². The van der Waals surface area contributed by atoms with E-state index in [9.17, 15) is 0 Å². The lowest BCUT2D eigenvalue weighted by molar-refractivity contribution is 0.175. The van der Waals surface area contributed by atoms with Gasteiger partial charge in [0.2, 0.25) is 0 Å². The second-order valence-corrected chi connectivity index (χ2v) is 5.21. The normalized spacial score (nSPS) is 15.8. The highest BCUT2D eigenvalue weighted by Crippen LogP contribution is 2.14. The van der Waals surface area contributed by atoms with Gasteiger partial charge in [0.05, 0.1) is 0 Å². The number of nitrogens with zero attached hydrogens (tertiary/aromatic N) is 2. The van der Waals surface area contributed by atoms with Gasteiger partial charge in [-0.15, -0.1) is 0 Å². The van der Waals surface area contributed by atoms with E-state index in [1.165, 1.54) is 19.3 Å². The Kier molecular flexibility index (Phi) is 8.90. The second kappa shape index (κ2) is 8.97. The van der Waals surface area contributed by atoms with Crippen molar-refractivity contribution < 1.29 is 0 Å². The molecule has 0 saturated carbocycles. The van der Waals surface area contributed by atoms with Gasteiger partial charge in [-0.05, 0) is 53.0 Å². The molecule has 0 saturated heterocycles. The average Bonchev–Trinajstić information content (AvgIpc) is 2.18. The van der Waals surface area contributed by atoms with E-state index in [0.29, 0.717) is 12.0 Å². The van der Waals surface area contributed by atoms with E-state index in [1.54, 1.807) is 0 Å². The average molecular weight is 229 g/mol. The smallest absolute Gasteiger partial charge is 0.0240 e. The summed E-state index contributed by atoms with van der Waals surface area (Å²) in [5, 5.41) is 0. The molecule has 3 heteroatoms. The van der Waals surface area contributed by atoms with Crippen LogP contribution in [0.5, 0.6) is 0 Å². The van der Waals surface area contributed by atoms with E-state index in [2.05, 4.69) is 44.8 Å². The van der Waals surface area contributed by atoms with E-state index in [-0.39, 0.29) is 0 Å². The topological polar surface area (TPSA) is 32.5 Å². The third-order valence-corrected chi connectivity index (χ3v) is 3.32. The lowest BCUT2D eigenvalue weighted by atomic mass is 9.96. The van der Waals surface area contributed by atoms with Gasteiger partial charge >= 0.3 is 0 Å². The van der Waals surface area contributed by atoms with Gasteiger partial charge in [-0.2, -0.15) is 0 Å². The van der Waals surface area contributed by atoms with Crippen molar-refractivity contribution in [1.82, 2.24) is 9.80 Å². The minimum atomic E-state index is 0.544. The summed E-state index contributed by atoms with van der Waals surface area (Å²) in [4.78, 5) is 4.67. The molecule has 3 nitrogen and oxygen atoms in total. The lowest BCUT2D eigenvalue weighted by Crippen LogP contribution is -2.43. The maximum Gasteiger partial charge on any atom is 0.0240 e. The molecule has 0 aromatic rings. The fraction of sp³-hybridized carbons (Fsp3) is 1.00. The Morgan fingerprint density at radius 2 is 1.75 bits per heavy atom. The second-order valence-electron chi connectivity index (χ2n) is 5.21. The Bertz CT molecular complexity index is 159. The molecule has 0 aromatic heterocycles. The first-order valence-corrected chi connectivity index (χ1v) is 6.57. The molecule has 0 aliphatic rings. The number of likely N-dealkylation sites (N-methyl/N-ethyl adjacent to an activating group) is 1. The molecule has 0 aromatic carbocycles. The summed E-state index contributed by atoms with van der Waals surface area (Å²) >= 11 is 0. The number of rotatable bonds is 9. The van der Waals surface area contributed by atoms with Crippen LogP contribution in [0.3, 0.4) is 0 Å². The summed E-state index contributed by atoms with van der Waals surface area (Å²) in [6.07, 6.45) is 3.75. The van der Waals surface area contributed by atoms with Crippen molar-refractivity contribution in [3.05, 3.63) is 0 Å². The fourth-order valence-electron chi connectivity index (χ4n) is 2.30. The van der Waals surface area contributed by atoms with E-state index in [4.69, 9.17) is 5.73 Å². The van der Waals surface area contributed by atoms with Crippen LogP contribution in [0.15, 0.2) is 0 Å². The molecule has 0 aliphatic carbocycles. The molecule has 0 radical (unpaired) electrons. The summed E-state index contributed by atoms with van der Waals surface area (Å²) in [5.41, 5.74) is 5.88. The zero-order valence-corrected chi connectivity index (χ0v) is 11.9. The SMILES string of the molecule is CCCC(C)C(CN)N(C)CCCN(C)C. The molecular formula is C13H31N3. The Labute approximate surface area is 102 Å². The quantitative estimate of drug-likeness (QED) is 0.652. The Morgan fingerprint density at radius 3 is 2.19 bits per heavy atom. The van der Waals surface area contributed by atoms with Crippen molar-refractivity contribution in [3.8, 4) is 0 Å². The molecule has 2 atom stereocenters. The predicted octanol–water partition coefficient (Wildman–Crippen LogP) is 1.63. The molecule has 98 valence electrons. The van der Waals surface area contributed by atoms with Crippen molar-refractivity contribution >= 4 is 0 Å². The zero-order valence-electron chi connectivity index (χ0n) is 11.9. The number of hydrogen-bond donors (Lipinski definition) is 1. The summed E-state index contributed by atoms with van der Waals surface area (Å²) in [6.45, 7) is 7.65. The molecule has 2 N–H and O–H groups in total. The van der Waals surface area contributed by atoms with Gasteiger partial charge < -0.3 is 15.5 Å². The van der Waals surface area contributed by atoms with E-state index >= 15 is 0 Å². The molecule has 0 spiro atoms. The predicted molar refractivity (Wildman–Crippen MR) is 72.7 cm³/mol. The maximum absolute atomic E-state index is 5.88. The van der Waals surface area contributed by atoms with Crippen molar-refractivity contribution in [2.24, 2.45) is 11.7 Å². The highest BCUT2D eigenvalue weighted by atomic mass is 15.1. The van der Waals surface area contributed by atoms with Crippen LogP contribution in [0.4, 0.5) is 0 Å². The van der Waals surface area contributed by atoms with E-state index in [1.807, 2.05) is 0 Å². The first-order valence-electron chi connectivity index (χ1n) is 6.57. The standard InChI is InChI=1S/C13H31N3/c1-6-8-12(2)13(11-14)16(5)10-7-9-15(3)4/h12-13H,6-11,14H2,1-5H3. The third-order valence-electron chi connectivity index (χ3n) is 3.32. The number of hydrogen-bond acceptors (Lipinski definition) is 3. The number of nitrogens with two attached hydrogens (primary N) is 1. The van der Waals surface area contributed by atoms with Gasteiger partial charge in [-0.3, -0.25) is 0 Å². The van der Waals surface area contributed by atoms with Crippen molar-refractivity contribution in [2.75, 3.05) is 40.8 Å². The van der Waals surface area contributed by atoms with Crippen molar-refractivity contribution in [1.29, 1.82) is 0 Å². The van der Waals surface area contributed by atoms with Crippen molar-refractivity contribution in [2.45, 2.75) is 39.2 Å². The molecule has 0 amide bonds. The maximum atomic E-state index is 5.88. The molecule has 0 fully saturated rings. The van der Waals surface area contributed by atoms with Crippen LogP contribution in [0.1, 0.15) is 33.1 Å². The first kappa shape index (κ1) is 15.9. The highest BCUT2D eigenvalue weighted by molar-refractivity contribution is 4.75. The van der Waals surface area contributed by atoms with E-state index in [0.717, 1.165) is 19.6 Å². The van der Waals surface area contributed by atoms with Gasteiger partial charge in [-0.25, -0.2) is 0 Å². The third kappa shape index (κ3) is 6.46. The lowest BCUT2D eigenvalue weighted by Gasteiger charge is -2.32. The van der Waals surface area contributed by atoms with Gasteiger partial charge in [0.1, 0.15) is 0 Å². The van der Waals surface area contributed by atoms with Crippen LogP contribution >= 0.6 is 0 Å². The Balaban J connectivity index is 3.94. The summed E-state index contributed by atoms with van der Waals surface area (Å²) in [6, 6.07) is 0.544. The van der Waals surface area contributed by atoms with Crippen LogP contribution in [-0.4, -0.2) is 56.6 Å². The van der Waals surface area contributed by atoms with Crippen LogP contribution in [0, 0.1) is 5.92 Å². The first-order chi connectivity index (χ1) is 7.52. The van der Waals surface area contributed by atoms with Crippen LogP contribution in [0.2, 0.25) is 0 Å². The largest absolute Gasteiger partial charge is 0.329 e. The fourth-order valence-corrected chi connectivity index (χ4v) is 2.30. The molecule has 0 heterocycles. The summed E-state index contributed by atoms with van der Waals surface area (Å²) in [5.74, 6) is 0.708. The van der Waals surface area contributed by atoms with Gasteiger partial charge in [-0.1, -0.05) is 20.3 Å². The summed E-state index contributed by atoms with van der Waals surface area (Å²) < 4.78 is 0. The molecular weight excluding hydrogens is 198 g/mol. The zero-order chi connectivity index (χ0) is 12.6. The Morgan fingerprint density at radius 1 is 1.12 bits per heavy atom. The van der Waals surface area contributed by atoms with Gasteiger partial charge in [0.15, 0.2) is 0 Å². The van der Waals surface area contributed by atoms with Gasteiger partial charge in [0.25, 0.3) is 0 Å². The van der Waals surface area contributed by atoms with Crippen LogP contribution in [-0.2, 0) is 0 Å². The molecule has 0 bridgehead atoms. The minimum Gasteiger partial charge on any atom is -0.329 e. The molecule has 0 aliphatic heterocycles. The Hall–Kier alpha value is -0.120. The molecule has 0 rings (SSSR count). The molecule has 16 heavy (non-hydrogen) atoms. The summed E-state index contributed by atoms with van der Waals surface area (Å²) in [7, 11) is 6.46. The van der Waals surface area contributed by atoms with E-state index < -0.39 is 0 Å². The minimum absolute atomic E-state index is 0.544.